The number of fused-ring (bicyclic) bond motifs is 1. The lowest BCUT2D eigenvalue weighted by Gasteiger charge is -2.15. The molecule has 0 fully saturated rings. The van der Waals surface area contributed by atoms with Crippen molar-refractivity contribution in [1.82, 2.24) is 4.98 Å². The molecule has 9 heteroatoms. The van der Waals surface area contributed by atoms with Crippen molar-refractivity contribution in [2.75, 3.05) is 17.2 Å². The summed E-state index contributed by atoms with van der Waals surface area (Å²) in [6, 6.07) is 18.0. The normalized spacial score (nSPS) is 11.3. The second-order valence-corrected chi connectivity index (χ2v) is 7.74. The Labute approximate surface area is 198 Å². The van der Waals surface area contributed by atoms with E-state index in [0.717, 1.165) is 11.6 Å². The summed E-state index contributed by atoms with van der Waals surface area (Å²) in [6.45, 7) is 2.26. The van der Waals surface area contributed by atoms with E-state index in [1.807, 2.05) is 19.1 Å². The van der Waals surface area contributed by atoms with E-state index in [-0.39, 0.29) is 5.69 Å². The SMILES string of the molecule is CCOc1cc(-c2ccc(Cl)cc2)nc2ccc(NC(=O)Nc3ccccc3C(F)(F)F)cc12. The number of ether oxygens (including phenoxy) is 1. The molecule has 2 amide bonds. The highest BCUT2D eigenvalue weighted by Gasteiger charge is 2.33. The van der Waals surface area contributed by atoms with Crippen LogP contribution in [0.4, 0.5) is 29.3 Å². The average molecular weight is 486 g/mol. The van der Waals surface area contributed by atoms with Crippen LogP contribution in [0.25, 0.3) is 22.2 Å². The van der Waals surface area contributed by atoms with Crippen molar-refractivity contribution in [3.05, 3.63) is 83.4 Å². The van der Waals surface area contributed by atoms with Gasteiger partial charge < -0.3 is 15.4 Å². The molecule has 0 saturated carbocycles. The first-order valence-corrected chi connectivity index (χ1v) is 10.7. The highest BCUT2D eigenvalue weighted by atomic mass is 35.5. The van der Waals surface area contributed by atoms with Gasteiger partial charge in [0, 0.05) is 27.7 Å². The van der Waals surface area contributed by atoms with E-state index in [2.05, 4.69) is 15.6 Å². The number of alkyl halides is 3. The predicted octanol–water partition coefficient (Wildman–Crippen LogP) is 7.62. The molecule has 0 saturated heterocycles. The molecular weight excluding hydrogens is 467 g/mol. The van der Waals surface area contributed by atoms with Gasteiger partial charge in [-0.2, -0.15) is 13.2 Å². The predicted molar refractivity (Wildman–Crippen MR) is 127 cm³/mol. The van der Waals surface area contributed by atoms with Crippen molar-refractivity contribution < 1.29 is 22.7 Å². The first kappa shape index (κ1) is 23.4. The minimum atomic E-state index is -4.59. The first-order valence-electron chi connectivity index (χ1n) is 10.3. The summed E-state index contributed by atoms with van der Waals surface area (Å²) in [5.41, 5.74) is 1.28. The van der Waals surface area contributed by atoms with Crippen molar-refractivity contribution in [3.63, 3.8) is 0 Å². The number of hydrogen-bond donors (Lipinski definition) is 2. The molecule has 0 aliphatic carbocycles. The second kappa shape index (κ2) is 9.61. The Bertz CT molecular complexity index is 1340. The van der Waals surface area contributed by atoms with E-state index in [4.69, 9.17) is 16.3 Å². The highest BCUT2D eigenvalue weighted by molar-refractivity contribution is 6.30. The average Bonchev–Trinajstić information content (AvgIpc) is 2.79. The van der Waals surface area contributed by atoms with Gasteiger partial charge in [-0.1, -0.05) is 35.9 Å². The number of nitrogens with zero attached hydrogens (tertiary/aromatic N) is 1. The lowest BCUT2D eigenvalue weighted by molar-refractivity contribution is -0.136. The Morgan fingerprint density at radius 1 is 1.00 bits per heavy atom. The van der Waals surface area contributed by atoms with Crippen LogP contribution in [-0.2, 0) is 6.18 Å². The number of hydrogen-bond acceptors (Lipinski definition) is 3. The van der Waals surface area contributed by atoms with Crippen LogP contribution in [0.15, 0.2) is 72.8 Å². The highest BCUT2D eigenvalue weighted by Crippen LogP contribution is 2.35. The van der Waals surface area contributed by atoms with E-state index in [9.17, 15) is 18.0 Å². The maximum absolute atomic E-state index is 13.2. The number of pyridine rings is 1. The van der Waals surface area contributed by atoms with E-state index in [0.29, 0.717) is 39.7 Å². The van der Waals surface area contributed by atoms with Gasteiger partial charge in [0.15, 0.2) is 0 Å². The van der Waals surface area contributed by atoms with Crippen molar-refractivity contribution in [2.24, 2.45) is 0 Å². The topological polar surface area (TPSA) is 63.2 Å². The van der Waals surface area contributed by atoms with Gasteiger partial charge in [0.1, 0.15) is 5.75 Å². The smallest absolute Gasteiger partial charge is 0.418 e. The summed E-state index contributed by atoms with van der Waals surface area (Å²) in [4.78, 5) is 17.1. The van der Waals surface area contributed by atoms with Crippen molar-refractivity contribution in [2.45, 2.75) is 13.1 Å². The molecule has 0 radical (unpaired) electrons. The van der Waals surface area contributed by atoms with Crippen molar-refractivity contribution in [3.8, 4) is 17.0 Å². The Hall–Kier alpha value is -3.78. The quantitative estimate of drug-likeness (QED) is 0.305. The minimum absolute atomic E-state index is 0.336. The number of amides is 2. The first-order chi connectivity index (χ1) is 16.2. The number of anilines is 2. The van der Waals surface area contributed by atoms with Gasteiger partial charge in [-0.25, -0.2) is 9.78 Å². The lowest BCUT2D eigenvalue weighted by atomic mass is 10.1. The molecule has 0 atom stereocenters. The zero-order valence-electron chi connectivity index (χ0n) is 17.9. The van der Waals surface area contributed by atoms with E-state index in [1.165, 1.54) is 18.2 Å². The van der Waals surface area contributed by atoms with E-state index >= 15 is 0 Å². The van der Waals surface area contributed by atoms with Crippen LogP contribution in [-0.4, -0.2) is 17.6 Å². The molecule has 1 heterocycles. The Balaban J connectivity index is 1.62. The standard InChI is InChI=1S/C25H19ClF3N3O2/c1-2-34-23-14-22(15-7-9-16(26)10-8-15)31-20-12-11-17(13-18(20)23)30-24(33)32-21-6-4-3-5-19(21)25(27,28)29/h3-14H,2H2,1H3,(H2,30,32,33). The molecular formula is C25H19ClF3N3O2. The van der Waals surface area contributed by atoms with Crippen LogP contribution in [0.3, 0.4) is 0 Å². The molecule has 0 unspecified atom stereocenters. The minimum Gasteiger partial charge on any atom is -0.493 e. The molecule has 4 aromatic rings. The summed E-state index contributed by atoms with van der Waals surface area (Å²) in [5, 5.41) is 6.09. The molecule has 2 N–H and O–H groups in total. The van der Waals surface area contributed by atoms with Gasteiger partial charge in [-0.05, 0) is 49.4 Å². The molecule has 0 bridgehead atoms. The zero-order valence-corrected chi connectivity index (χ0v) is 18.7. The number of halogens is 4. The van der Waals surface area contributed by atoms with Crippen LogP contribution in [0.5, 0.6) is 5.75 Å². The number of rotatable bonds is 5. The number of carbonyl (C=O) groups is 1. The fourth-order valence-electron chi connectivity index (χ4n) is 3.44. The van der Waals surface area contributed by atoms with Crippen LogP contribution in [0.2, 0.25) is 5.02 Å². The Morgan fingerprint density at radius 3 is 2.44 bits per heavy atom. The second-order valence-electron chi connectivity index (χ2n) is 7.30. The largest absolute Gasteiger partial charge is 0.493 e. The molecule has 4 rings (SSSR count). The zero-order chi connectivity index (χ0) is 24.3. The van der Waals surface area contributed by atoms with Crippen molar-refractivity contribution >= 4 is 39.9 Å². The van der Waals surface area contributed by atoms with Gasteiger partial charge in [-0.3, -0.25) is 0 Å². The van der Waals surface area contributed by atoms with Gasteiger partial charge in [0.2, 0.25) is 0 Å². The Morgan fingerprint density at radius 2 is 1.74 bits per heavy atom. The van der Waals surface area contributed by atoms with E-state index < -0.39 is 17.8 Å². The molecule has 174 valence electrons. The maximum Gasteiger partial charge on any atom is 0.418 e. The van der Waals surface area contributed by atoms with Crippen LogP contribution in [0.1, 0.15) is 12.5 Å². The van der Waals surface area contributed by atoms with Gasteiger partial charge in [0.05, 0.1) is 29.1 Å². The fourth-order valence-corrected chi connectivity index (χ4v) is 3.57. The van der Waals surface area contributed by atoms with Crippen LogP contribution >= 0.6 is 11.6 Å². The number of nitrogens with one attached hydrogen (secondary N) is 2. The van der Waals surface area contributed by atoms with Gasteiger partial charge >= 0.3 is 12.2 Å². The fraction of sp³-hybridized carbons (Fsp3) is 0.120. The van der Waals surface area contributed by atoms with E-state index in [1.54, 1.807) is 36.4 Å². The third-order valence-corrected chi connectivity index (χ3v) is 5.20. The summed E-state index contributed by atoms with van der Waals surface area (Å²) in [6.07, 6.45) is -4.59. The lowest BCUT2D eigenvalue weighted by Crippen LogP contribution is -2.21. The van der Waals surface area contributed by atoms with Crippen LogP contribution in [0, 0.1) is 0 Å². The third kappa shape index (κ3) is 5.23. The molecule has 0 aliphatic rings. The number of para-hydroxylation sites is 1. The monoisotopic (exact) mass is 485 g/mol. The summed E-state index contributed by atoms with van der Waals surface area (Å²) < 4.78 is 45.4. The van der Waals surface area contributed by atoms with Gasteiger partial charge in [-0.15, -0.1) is 0 Å². The number of benzene rings is 3. The Kier molecular flexibility index (Phi) is 6.61. The molecule has 34 heavy (non-hydrogen) atoms. The number of carbonyl (C=O) groups excluding carboxylic acids is 1. The summed E-state index contributed by atoms with van der Waals surface area (Å²) in [7, 11) is 0. The summed E-state index contributed by atoms with van der Waals surface area (Å²) in [5.74, 6) is 0.559. The molecule has 1 aromatic heterocycles. The molecule has 0 aliphatic heterocycles. The maximum atomic E-state index is 13.2. The van der Waals surface area contributed by atoms with Crippen molar-refractivity contribution in [1.29, 1.82) is 0 Å². The summed E-state index contributed by atoms with van der Waals surface area (Å²) >= 11 is 5.98. The number of urea groups is 1. The molecule has 0 spiro atoms. The third-order valence-electron chi connectivity index (χ3n) is 4.95. The molecule has 5 nitrogen and oxygen atoms in total. The van der Waals surface area contributed by atoms with Gasteiger partial charge in [0.25, 0.3) is 0 Å². The van der Waals surface area contributed by atoms with Crippen LogP contribution < -0.4 is 15.4 Å². The molecule has 3 aromatic carbocycles. The number of aromatic nitrogens is 1.